The molecule has 4 aromatic carbocycles. The number of nitrogens with zero attached hydrogens (tertiary/aromatic N) is 2. The molecule has 8 rings (SSSR count). The van der Waals surface area contributed by atoms with Gasteiger partial charge < -0.3 is 9.80 Å². The van der Waals surface area contributed by atoms with Gasteiger partial charge in [0.25, 0.3) is 6.71 Å². The Balaban J connectivity index is 1.48. The average Bonchev–Trinajstić information content (AvgIpc) is 3.67. The number of anilines is 5. The Morgan fingerprint density at radius 1 is 0.612 bits per heavy atom. The lowest BCUT2D eigenvalue weighted by Gasteiger charge is -2.48. The minimum Gasteiger partial charge on any atom is -0.339 e. The van der Waals surface area contributed by atoms with Gasteiger partial charge in [0.1, 0.15) is 0 Å². The number of hydrogen-bond donors (Lipinski definition) is 0. The number of rotatable bonds is 3. The van der Waals surface area contributed by atoms with E-state index in [0.717, 1.165) is 11.8 Å². The molecule has 2 nitrogen and oxygen atoms in total. The fourth-order valence-corrected chi connectivity index (χ4v) is 9.60. The van der Waals surface area contributed by atoms with Crippen molar-refractivity contribution in [3.8, 4) is 0 Å². The summed E-state index contributed by atoms with van der Waals surface area (Å²) >= 11 is 0. The lowest BCUT2D eigenvalue weighted by atomic mass is 9.33. The summed E-state index contributed by atoms with van der Waals surface area (Å²) < 4.78 is 0. The van der Waals surface area contributed by atoms with E-state index in [0.29, 0.717) is 12.0 Å². The molecule has 49 heavy (non-hydrogen) atoms. The highest BCUT2D eigenvalue weighted by atomic mass is 15.2. The largest absolute Gasteiger partial charge is 0.339 e. The third kappa shape index (κ3) is 5.28. The van der Waals surface area contributed by atoms with E-state index >= 15 is 0 Å². The van der Waals surface area contributed by atoms with Gasteiger partial charge in [0.15, 0.2) is 0 Å². The molecular weight excluding hydrogens is 591 g/mol. The molecule has 0 amide bonds. The second-order valence-electron chi connectivity index (χ2n) is 19.4. The van der Waals surface area contributed by atoms with Crippen LogP contribution >= 0.6 is 0 Å². The van der Waals surface area contributed by atoms with E-state index in [-0.39, 0.29) is 23.0 Å². The van der Waals surface area contributed by atoms with Gasteiger partial charge in [-0.15, -0.1) is 0 Å². The van der Waals surface area contributed by atoms with Gasteiger partial charge in [0.2, 0.25) is 0 Å². The molecule has 0 N–H and O–H groups in total. The van der Waals surface area contributed by atoms with E-state index in [4.69, 9.17) is 0 Å². The van der Waals surface area contributed by atoms with Crippen LogP contribution in [0.15, 0.2) is 72.8 Å². The quantitative estimate of drug-likeness (QED) is 0.180. The molecule has 0 radical (unpaired) electrons. The Labute approximate surface area is 297 Å². The minimum atomic E-state index is 0.0521. The van der Waals surface area contributed by atoms with Gasteiger partial charge >= 0.3 is 0 Å². The lowest BCUT2D eigenvalue weighted by Crippen LogP contribution is -2.63. The molecule has 4 aromatic rings. The van der Waals surface area contributed by atoms with E-state index in [2.05, 4.69) is 159 Å². The van der Waals surface area contributed by atoms with Crippen LogP contribution in [-0.2, 0) is 16.2 Å². The molecule has 254 valence electrons. The second-order valence-corrected chi connectivity index (χ2v) is 19.4. The van der Waals surface area contributed by atoms with Crippen LogP contribution in [-0.4, -0.2) is 12.8 Å². The molecule has 2 aliphatic carbocycles. The van der Waals surface area contributed by atoms with Crippen LogP contribution in [0.3, 0.4) is 0 Å². The zero-order valence-electron chi connectivity index (χ0n) is 32.0. The summed E-state index contributed by atoms with van der Waals surface area (Å²) in [4.78, 5) is 5.50. The summed E-state index contributed by atoms with van der Waals surface area (Å²) in [5, 5.41) is 0. The molecule has 2 bridgehead atoms. The third-order valence-corrected chi connectivity index (χ3v) is 12.5. The van der Waals surface area contributed by atoms with E-state index in [1.165, 1.54) is 92.8 Å². The Morgan fingerprint density at radius 2 is 1.20 bits per heavy atom. The molecule has 2 fully saturated rings. The zero-order valence-corrected chi connectivity index (χ0v) is 32.0. The molecule has 0 aromatic heterocycles. The Kier molecular flexibility index (Phi) is 7.36. The van der Waals surface area contributed by atoms with Crippen molar-refractivity contribution in [3.05, 3.63) is 95.1 Å². The Morgan fingerprint density at radius 3 is 1.78 bits per heavy atom. The van der Waals surface area contributed by atoms with Crippen molar-refractivity contribution in [2.24, 2.45) is 11.8 Å². The van der Waals surface area contributed by atoms with Crippen molar-refractivity contribution in [2.75, 3.05) is 9.80 Å². The average molecular weight is 649 g/mol. The van der Waals surface area contributed by atoms with Crippen LogP contribution in [0.1, 0.15) is 130 Å². The summed E-state index contributed by atoms with van der Waals surface area (Å²) in [5.74, 6) is 2.08. The SMILES string of the molecule is CC(C)c1cc2c3c(c1)N(C1CC4CCC1C4)c1ccc(C(C)(C)C)cc1B3c1cc(C(C)(C)C)ccc1N2c1cccc(C(C)(C)C)c1. The predicted molar refractivity (Wildman–Crippen MR) is 214 cm³/mol. The van der Waals surface area contributed by atoms with Crippen LogP contribution in [0.5, 0.6) is 0 Å². The number of benzene rings is 4. The van der Waals surface area contributed by atoms with Crippen LogP contribution in [0, 0.1) is 11.8 Å². The number of fused-ring (bicyclic) bond motifs is 6. The van der Waals surface area contributed by atoms with Gasteiger partial charge in [-0.05, 0) is 128 Å². The number of hydrogen-bond acceptors (Lipinski definition) is 2. The molecule has 3 atom stereocenters. The Hall–Kier alpha value is -3.46. The molecule has 2 saturated carbocycles. The first kappa shape index (κ1) is 32.7. The maximum absolute atomic E-state index is 2.87. The normalized spacial score (nSPS) is 21.3. The molecule has 0 spiro atoms. The topological polar surface area (TPSA) is 6.48 Å². The smallest absolute Gasteiger partial charge is 0.252 e. The van der Waals surface area contributed by atoms with E-state index in [1.54, 1.807) is 0 Å². The van der Waals surface area contributed by atoms with Gasteiger partial charge in [-0.1, -0.05) is 119 Å². The summed E-state index contributed by atoms with van der Waals surface area (Å²) in [6.07, 6.45) is 5.51. The molecule has 3 unspecified atom stereocenters. The van der Waals surface area contributed by atoms with E-state index < -0.39 is 0 Å². The summed E-state index contributed by atoms with van der Waals surface area (Å²) in [6.45, 7) is 26.1. The zero-order chi connectivity index (χ0) is 34.8. The highest BCUT2D eigenvalue weighted by Crippen LogP contribution is 2.52. The second kappa shape index (κ2) is 11.0. The third-order valence-electron chi connectivity index (χ3n) is 12.5. The first-order chi connectivity index (χ1) is 23.0. The van der Waals surface area contributed by atoms with Gasteiger partial charge in [0.05, 0.1) is 0 Å². The highest BCUT2D eigenvalue weighted by Gasteiger charge is 2.49. The van der Waals surface area contributed by atoms with Crippen LogP contribution in [0.2, 0.25) is 0 Å². The van der Waals surface area contributed by atoms with Crippen molar-refractivity contribution >= 4 is 51.5 Å². The predicted octanol–water partition coefficient (Wildman–Crippen LogP) is 10.6. The monoisotopic (exact) mass is 648 g/mol. The molecule has 3 heteroatoms. The van der Waals surface area contributed by atoms with Gasteiger partial charge in [-0.2, -0.15) is 0 Å². The first-order valence-corrected chi connectivity index (χ1v) is 19.2. The van der Waals surface area contributed by atoms with Gasteiger partial charge in [-0.3, -0.25) is 0 Å². The summed E-state index contributed by atoms with van der Waals surface area (Å²) in [5.41, 5.74) is 17.1. The van der Waals surface area contributed by atoms with Crippen LogP contribution < -0.4 is 26.2 Å². The van der Waals surface area contributed by atoms with Gasteiger partial charge in [0, 0.05) is 34.5 Å². The van der Waals surface area contributed by atoms with Crippen molar-refractivity contribution in [2.45, 2.75) is 130 Å². The molecule has 2 heterocycles. The van der Waals surface area contributed by atoms with Crippen molar-refractivity contribution in [1.29, 1.82) is 0 Å². The molecular formula is C46H57BN2. The maximum atomic E-state index is 2.87. The van der Waals surface area contributed by atoms with E-state index in [1.807, 2.05) is 0 Å². The molecule has 2 aliphatic heterocycles. The Bertz CT molecular complexity index is 1950. The summed E-state index contributed by atoms with van der Waals surface area (Å²) in [7, 11) is 0. The molecule has 4 aliphatic rings. The van der Waals surface area contributed by atoms with Crippen molar-refractivity contribution in [3.63, 3.8) is 0 Å². The molecule has 0 saturated heterocycles. The highest BCUT2D eigenvalue weighted by molar-refractivity contribution is 7.00. The fourth-order valence-electron chi connectivity index (χ4n) is 9.60. The van der Waals surface area contributed by atoms with E-state index in [9.17, 15) is 0 Å². The fraction of sp³-hybridized carbons (Fsp3) is 0.478. The van der Waals surface area contributed by atoms with Crippen molar-refractivity contribution in [1.82, 2.24) is 0 Å². The minimum absolute atomic E-state index is 0.0521. The standard InChI is InChI=1S/C46H57BN2/c1-28(2)31-23-41-43-42(24-31)49(40-22-29-15-16-30(40)21-29)39-20-18-34(46(9,10)11)27-37(39)47(43)36-26-33(45(6,7)8)17-19-38(36)48(41)35-14-12-13-32(25-35)44(3,4)5/h12-14,17-20,23-30,40H,15-16,21-22H2,1-11H3. The van der Waals surface area contributed by atoms with Crippen molar-refractivity contribution < 1.29 is 0 Å². The first-order valence-electron chi connectivity index (χ1n) is 19.2. The van der Waals surface area contributed by atoms with Gasteiger partial charge in [-0.25, -0.2) is 0 Å². The lowest BCUT2D eigenvalue weighted by molar-refractivity contribution is 0.413. The maximum Gasteiger partial charge on any atom is 0.252 e. The van der Waals surface area contributed by atoms with Crippen LogP contribution in [0.25, 0.3) is 0 Å². The van der Waals surface area contributed by atoms with Crippen LogP contribution in [0.4, 0.5) is 28.4 Å². The summed E-state index contributed by atoms with van der Waals surface area (Å²) in [6, 6.07) is 30.1.